The van der Waals surface area contributed by atoms with Crippen LogP contribution in [0.25, 0.3) is 0 Å². The van der Waals surface area contributed by atoms with Crippen LogP contribution >= 0.6 is 0 Å². The first kappa shape index (κ1) is 14.0. The van der Waals surface area contributed by atoms with Gasteiger partial charge in [0.1, 0.15) is 0 Å². The Labute approximate surface area is 104 Å². The average Bonchev–Trinajstić information content (AvgIpc) is 2.69. The summed E-state index contributed by atoms with van der Waals surface area (Å²) >= 11 is 0. The molecule has 98 valence electrons. The lowest BCUT2D eigenvalue weighted by Crippen LogP contribution is -2.52. The summed E-state index contributed by atoms with van der Waals surface area (Å²) in [5, 5.41) is 2.84. The Balaban J connectivity index is 2.58. The third-order valence-electron chi connectivity index (χ3n) is 3.26. The van der Waals surface area contributed by atoms with Gasteiger partial charge in [0.2, 0.25) is 0 Å². The van der Waals surface area contributed by atoms with Gasteiger partial charge in [0.25, 0.3) is 0 Å². The van der Waals surface area contributed by atoms with Crippen molar-refractivity contribution < 1.29 is 9.59 Å². The molecule has 1 aliphatic rings. The Morgan fingerprint density at radius 2 is 1.76 bits per heavy atom. The van der Waals surface area contributed by atoms with Crippen molar-refractivity contribution in [1.82, 2.24) is 10.2 Å². The van der Waals surface area contributed by atoms with Crippen LogP contribution < -0.4 is 5.32 Å². The summed E-state index contributed by atoms with van der Waals surface area (Å²) in [6.45, 7) is 8.28. The second-order valence-electron chi connectivity index (χ2n) is 5.68. The Kier molecular flexibility index (Phi) is 4.54. The largest absolute Gasteiger partial charge is 0.345 e. The highest BCUT2D eigenvalue weighted by atomic mass is 16.2. The molecule has 0 aromatic heterocycles. The first-order chi connectivity index (χ1) is 7.86. The number of likely N-dealkylation sites (N-methyl/N-ethyl adjacent to an activating group) is 1. The van der Waals surface area contributed by atoms with Crippen molar-refractivity contribution in [3.8, 4) is 0 Å². The van der Waals surface area contributed by atoms with E-state index in [1.807, 2.05) is 27.7 Å². The second-order valence-corrected chi connectivity index (χ2v) is 5.68. The second kappa shape index (κ2) is 5.52. The number of rotatable bonds is 2. The van der Waals surface area contributed by atoms with E-state index in [-0.39, 0.29) is 11.6 Å². The first-order valence-electron chi connectivity index (χ1n) is 6.48. The molecule has 0 aromatic carbocycles. The topological polar surface area (TPSA) is 49.4 Å². The lowest BCUT2D eigenvalue weighted by atomic mass is 10.1. The van der Waals surface area contributed by atoms with Gasteiger partial charge in [-0.05, 0) is 40.5 Å². The Bertz CT molecular complexity index is 288. The summed E-state index contributed by atoms with van der Waals surface area (Å²) in [5.41, 5.74) is -0.307. The van der Waals surface area contributed by atoms with E-state index in [9.17, 15) is 9.59 Å². The third kappa shape index (κ3) is 3.72. The van der Waals surface area contributed by atoms with Crippen LogP contribution in [0.5, 0.6) is 0 Å². The Morgan fingerprint density at radius 1 is 1.24 bits per heavy atom. The van der Waals surface area contributed by atoms with Gasteiger partial charge in [-0.1, -0.05) is 12.8 Å². The Morgan fingerprint density at radius 3 is 2.18 bits per heavy atom. The number of hydrogen-bond donors (Lipinski definition) is 1. The van der Waals surface area contributed by atoms with E-state index < -0.39 is 11.8 Å². The predicted molar refractivity (Wildman–Crippen MR) is 67.5 cm³/mol. The maximum atomic E-state index is 12.0. The molecule has 17 heavy (non-hydrogen) atoms. The molecule has 1 saturated carbocycles. The van der Waals surface area contributed by atoms with Gasteiger partial charge >= 0.3 is 11.8 Å². The van der Waals surface area contributed by atoms with E-state index in [1.165, 1.54) is 0 Å². The fourth-order valence-corrected chi connectivity index (χ4v) is 2.36. The summed E-state index contributed by atoms with van der Waals surface area (Å²) in [4.78, 5) is 25.5. The van der Waals surface area contributed by atoms with Gasteiger partial charge in [-0.2, -0.15) is 0 Å². The highest BCUT2D eigenvalue weighted by molar-refractivity contribution is 6.35. The number of carbonyl (C=O) groups is 2. The molecule has 0 bridgehead atoms. The number of carbonyl (C=O) groups excluding carboxylic acids is 2. The van der Waals surface area contributed by atoms with E-state index in [0.717, 1.165) is 25.7 Å². The molecule has 4 heteroatoms. The van der Waals surface area contributed by atoms with Crippen molar-refractivity contribution in [2.24, 2.45) is 0 Å². The lowest BCUT2D eigenvalue weighted by molar-refractivity contribution is -0.149. The maximum Gasteiger partial charge on any atom is 0.312 e. The number of nitrogens with zero attached hydrogens (tertiary/aromatic N) is 1. The first-order valence-corrected chi connectivity index (χ1v) is 6.48. The minimum atomic E-state index is -0.450. The summed E-state index contributed by atoms with van der Waals surface area (Å²) in [6.07, 6.45) is 4.30. The van der Waals surface area contributed by atoms with E-state index in [1.54, 1.807) is 4.90 Å². The number of hydrogen-bond acceptors (Lipinski definition) is 2. The van der Waals surface area contributed by atoms with Crippen molar-refractivity contribution in [2.45, 2.75) is 65.0 Å². The van der Waals surface area contributed by atoms with Crippen LogP contribution in [0.2, 0.25) is 0 Å². The monoisotopic (exact) mass is 240 g/mol. The number of amides is 2. The molecule has 0 saturated heterocycles. The smallest absolute Gasteiger partial charge is 0.312 e. The van der Waals surface area contributed by atoms with Gasteiger partial charge in [-0.3, -0.25) is 9.59 Å². The van der Waals surface area contributed by atoms with Crippen molar-refractivity contribution >= 4 is 11.8 Å². The van der Waals surface area contributed by atoms with Gasteiger partial charge < -0.3 is 10.2 Å². The molecule has 2 amide bonds. The van der Waals surface area contributed by atoms with Crippen LogP contribution in [-0.4, -0.2) is 34.8 Å². The SMILES string of the molecule is CCN(C(=O)C(=O)NC1CCCC1)C(C)(C)C. The molecule has 0 heterocycles. The van der Waals surface area contributed by atoms with E-state index >= 15 is 0 Å². The fourth-order valence-electron chi connectivity index (χ4n) is 2.36. The van der Waals surface area contributed by atoms with Crippen LogP contribution in [-0.2, 0) is 9.59 Å². The predicted octanol–water partition coefficient (Wildman–Crippen LogP) is 1.69. The van der Waals surface area contributed by atoms with Gasteiger partial charge in [-0.15, -0.1) is 0 Å². The Hall–Kier alpha value is -1.06. The van der Waals surface area contributed by atoms with Crippen LogP contribution in [0, 0.1) is 0 Å². The minimum absolute atomic E-state index is 0.199. The quantitative estimate of drug-likeness (QED) is 0.747. The summed E-state index contributed by atoms with van der Waals surface area (Å²) in [7, 11) is 0. The highest BCUT2D eigenvalue weighted by Crippen LogP contribution is 2.18. The average molecular weight is 240 g/mol. The van der Waals surface area contributed by atoms with Crippen molar-refractivity contribution in [3.05, 3.63) is 0 Å². The zero-order valence-electron chi connectivity index (χ0n) is 11.4. The standard InChI is InChI=1S/C13H24N2O2/c1-5-15(13(2,3)4)12(17)11(16)14-10-8-6-7-9-10/h10H,5-9H2,1-4H3,(H,14,16). The molecule has 0 aromatic rings. The number of nitrogens with one attached hydrogen (secondary N) is 1. The van der Waals surface area contributed by atoms with Gasteiger partial charge in [0, 0.05) is 18.1 Å². The van der Waals surface area contributed by atoms with E-state index in [4.69, 9.17) is 0 Å². The van der Waals surface area contributed by atoms with Crippen molar-refractivity contribution in [2.75, 3.05) is 6.54 Å². The van der Waals surface area contributed by atoms with Crippen LogP contribution in [0.3, 0.4) is 0 Å². The van der Waals surface area contributed by atoms with Crippen molar-refractivity contribution in [3.63, 3.8) is 0 Å². The molecule has 0 aliphatic heterocycles. The zero-order chi connectivity index (χ0) is 13.1. The molecule has 0 atom stereocenters. The normalized spacial score (nSPS) is 16.9. The van der Waals surface area contributed by atoms with Gasteiger partial charge in [0.15, 0.2) is 0 Å². The minimum Gasteiger partial charge on any atom is -0.345 e. The molecule has 1 rings (SSSR count). The van der Waals surface area contributed by atoms with Crippen molar-refractivity contribution in [1.29, 1.82) is 0 Å². The molecule has 1 N–H and O–H groups in total. The molecule has 0 unspecified atom stereocenters. The molecule has 1 fully saturated rings. The molecule has 0 spiro atoms. The summed E-state index contributed by atoms with van der Waals surface area (Å²) < 4.78 is 0. The van der Waals surface area contributed by atoms with Crippen LogP contribution in [0.4, 0.5) is 0 Å². The van der Waals surface area contributed by atoms with Crippen LogP contribution in [0.1, 0.15) is 53.4 Å². The lowest BCUT2D eigenvalue weighted by Gasteiger charge is -2.34. The van der Waals surface area contributed by atoms with E-state index in [0.29, 0.717) is 6.54 Å². The summed E-state index contributed by atoms with van der Waals surface area (Å²) in [5.74, 6) is -0.861. The van der Waals surface area contributed by atoms with Crippen LogP contribution in [0.15, 0.2) is 0 Å². The molecule has 1 aliphatic carbocycles. The highest BCUT2D eigenvalue weighted by Gasteiger charge is 2.31. The fraction of sp³-hybridized carbons (Fsp3) is 0.846. The molecular weight excluding hydrogens is 216 g/mol. The maximum absolute atomic E-state index is 12.0. The third-order valence-corrected chi connectivity index (χ3v) is 3.26. The summed E-state index contributed by atoms with van der Waals surface area (Å²) in [6, 6.07) is 0.199. The van der Waals surface area contributed by atoms with E-state index in [2.05, 4.69) is 5.32 Å². The van der Waals surface area contributed by atoms with Gasteiger partial charge in [-0.25, -0.2) is 0 Å². The molecular formula is C13H24N2O2. The molecule has 4 nitrogen and oxygen atoms in total. The van der Waals surface area contributed by atoms with Gasteiger partial charge in [0.05, 0.1) is 0 Å². The zero-order valence-corrected chi connectivity index (χ0v) is 11.4. The molecule has 0 radical (unpaired) electrons.